The van der Waals surface area contributed by atoms with Crippen molar-refractivity contribution in [2.45, 2.75) is 24.0 Å². The Balaban J connectivity index is 1.02. The second kappa shape index (κ2) is 9.56. The summed E-state index contributed by atoms with van der Waals surface area (Å²) >= 11 is 0. The van der Waals surface area contributed by atoms with Crippen LogP contribution in [0.2, 0.25) is 0 Å². The lowest BCUT2D eigenvalue weighted by molar-refractivity contribution is 0.103. The number of hydrogen-bond donors (Lipinski definition) is 0. The fourth-order valence-electron chi connectivity index (χ4n) is 8.80. The maximum absolute atomic E-state index is 12.6. The highest BCUT2D eigenvalue weighted by Gasteiger charge is 2.57. The molecule has 0 saturated carbocycles. The van der Waals surface area contributed by atoms with Crippen LogP contribution in [-0.2, 0) is 9.47 Å². The molecule has 3 heteroatoms. The molecule has 8 aromatic carbocycles. The minimum atomic E-state index is -0.565. The number of ether oxygens (including phenoxy) is 2. The van der Waals surface area contributed by atoms with Crippen LogP contribution < -0.4 is 0 Å². The fraction of sp³-hybridized carbons (Fsp3) is 0.0889. The average molecular weight is 617 g/mol. The van der Waals surface area contributed by atoms with Gasteiger partial charge >= 0.3 is 6.16 Å². The van der Waals surface area contributed by atoms with Gasteiger partial charge in [0.2, 0.25) is 0 Å². The Morgan fingerprint density at radius 3 is 1.12 bits per heavy atom. The first-order valence-corrected chi connectivity index (χ1v) is 16.7. The second-order valence-electron chi connectivity index (χ2n) is 13.6. The van der Waals surface area contributed by atoms with Crippen molar-refractivity contribution in [1.29, 1.82) is 0 Å². The molecule has 1 heterocycles. The molecule has 12 rings (SSSR count). The van der Waals surface area contributed by atoms with Crippen molar-refractivity contribution in [2.75, 3.05) is 0 Å². The van der Waals surface area contributed by atoms with E-state index in [9.17, 15) is 4.79 Å². The van der Waals surface area contributed by atoms with Crippen LogP contribution in [0.1, 0.15) is 34.1 Å². The summed E-state index contributed by atoms with van der Waals surface area (Å²) in [6.07, 6.45) is -1.23. The third-order valence-corrected chi connectivity index (χ3v) is 11.0. The quantitative estimate of drug-likeness (QED) is 0.143. The van der Waals surface area contributed by atoms with Gasteiger partial charge in [-0.05, 0) is 124 Å². The van der Waals surface area contributed by atoms with Crippen molar-refractivity contribution in [3.8, 4) is 22.3 Å². The molecule has 4 unspecified atom stereocenters. The third-order valence-electron chi connectivity index (χ3n) is 11.0. The Hall–Kier alpha value is -5.93. The van der Waals surface area contributed by atoms with Crippen molar-refractivity contribution in [2.24, 2.45) is 0 Å². The van der Waals surface area contributed by atoms with Crippen molar-refractivity contribution in [3.63, 3.8) is 0 Å². The van der Waals surface area contributed by atoms with E-state index in [0.29, 0.717) is 0 Å². The molecule has 1 fully saturated rings. The highest BCUT2D eigenvalue weighted by molar-refractivity contribution is 6.01. The van der Waals surface area contributed by atoms with Gasteiger partial charge in [-0.2, -0.15) is 0 Å². The summed E-state index contributed by atoms with van der Waals surface area (Å²) in [5, 5.41) is 9.91. The first kappa shape index (κ1) is 26.2. The van der Waals surface area contributed by atoms with Gasteiger partial charge in [-0.1, -0.05) is 109 Å². The molecule has 3 nitrogen and oxygen atoms in total. The number of carbonyl (C=O) groups is 1. The average Bonchev–Trinajstić information content (AvgIpc) is 3.53. The minimum Gasteiger partial charge on any atom is -0.426 e. The molecule has 3 aliphatic carbocycles. The van der Waals surface area contributed by atoms with Gasteiger partial charge in [0.25, 0.3) is 0 Å². The molecular formula is C45H28O3. The molecule has 8 aromatic rings. The van der Waals surface area contributed by atoms with E-state index in [1.165, 1.54) is 87.6 Å². The van der Waals surface area contributed by atoms with Crippen molar-refractivity contribution in [1.82, 2.24) is 0 Å². The van der Waals surface area contributed by atoms with Gasteiger partial charge < -0.3 is 9.47 Å². The highest BCUT2D eigenvalue weighted by Crippen LogP contribution is 2.57. The standard InChI is InChI=1S/C45H28O3/c46-45-47-43-41-38-16-14-34(30-10-12-32-18-26-6-2-4-8-28(26)20-36(32)22-30)24-40(38)42(44(43)48-45)37-15-13-33(23-39(37)41)29-9-11-31-17-25-5-1-3-7-27(25)19-35(31)21-29/h1-24,41-44H. The van der Waals surface area contributed by atoms with Crippen LogP contribution in [0.5, 0.6) is 0 Å². The minimum absolute atomic E-state index is 0.0854. The van der Waals surface area contributed by atoms with Gasteiger partial charge in [-0.3, -0.25) is 0 Å². The number of benzene rings is 8. The molecule has 0 spiro atoms. The molecule has 0 radical (unpaired) electrons. The Morgan fingerprint density at radius 2 is 0.688 bits per heavy atom. The zero-order valence-electron chi connectivity index (χ0n) is 25.9. The lowest BCUT2D eigenvalue weighted by atomic mass is 9.60. The number of fused-ring (bicyclic) bond motifs is 4. The topological polar surface area (TPSA) is 35.5 Å². The summed E-state index contributed by atoms with van der Waals surface area (Å²) in [6.45, 7) is 0. The van der Waals surface area contributed by atoms with Gasteiger partial charge in [0, 0.05) is 0 Å². The molecule has 48 heavy (non-hydrogen) atoms. The van der Waals surface area contributed by atoms with Crippen LogP contribution >= 0.6 is 0 Å². The maximum atomic E-state index is 12.6. The largest absolute Gasteiger partial charge is 0.509 e. The zero-order chi connectivity index (χ0) is 31.5. The van der Waals surface area contributed by atoms with Crippen LogP contribution in [0.4, 0.5) is 4.79 Å². The van der Waals surface area contributed by atoms with E-state index in [2.05, 4.69) is 146 Å². The second-order valence-corrected chi connectivity index (χ2v) is 13.6. The molecular weight excluding hydrogens is 588 g/mol. The SMILES string of the molecule is O=C1OC2C3c4ccc(-c5ccc6cc7ccccc7cc6c5)cc4C(c4ccc(-c5ccc6cc7ccccc7cc6c5)cc43)C2O1. The molecule has 1 aliphatic heterocycles. The smallest absolute Gasteiger partial charge is 0.426 e. The first-order chi connectivity index (χ1) is 23.6. The lowest BCUT2D eigenvalue weighted by Crippen LogP contribution is -2.45. The van der Waals surface area contributed by atoms with E-state index in [-0.39, 0.29) is 24.0 Å². The van der Waals surface area contributed by atoms with E-state index in [4.69, 9.17) is 9.47 Å². The van der Waals surface area contributed by atoms with Gasteiger partial charge in [-0.15, -0.1) is 0 Å². The highest BCUT2D eigenvalue weighted by atomic mass is 16.8. The molecule has 4 aliphatic rings. The van der Waals surface area contributed by atoms with Crippen LogP contribution in [0.15, 0.2) is 146 Å². The van der Waals surface area contributed by atoms with Crippen molar-refractivity contribution >= 4 is 49.2 Å². The molecule has 1 saturated heterocycles. The van der Waals surface area contributed by atoms with E-state index >= 15 is 0 Å². The number of rotatable bonds is 2. The maximum Gasteiger partial charge on any atom is 0.509 e. The lowest BCUT2D eigenvalue weighted by Gasteiger charge is -2.45. The van der Waals surface area contributed by atoms with Crippen LogP contribution in [0.3, 0.4) is 0 Å². The molecule has 2 bridgehead atoms. The van der Waals surface area contributed by atoms with Crippen LogP contribution in [-0.4, -0.2) is 18.4 Å². The Kier molecular flexibility index (Phi) is 5.21. The summed E-state index contributed by atoms with van der Waals surface area (Å²) in [5.41, 5.74) is 9.60. The summed E-state index contributed by atoms with van der Waals surface area (Å²) in [6, 6.07) is 53.2. The summed E-state index contributed by atoms with van der Waals surface area (Å²) in [5.74, 6) is -0.171. The normalized spacial score (nSPS) is 20.5. The third kappa shape index (κ3) is 3.73. The number of hydrogen-bond acceptors (Lipinski definition) is 3. The van der Waals surface area contributed by atoms with Gasteiger partial charge in [0.15, 0.2) is 12.2 Å². The molecule has 0 aromatic heterocycles. The molecule has 0 N–H and O–H groups in total. The van der Waals surface area contributed by atoms with E-state index in [1.54, 1.807) is 0 Å². The predicted molar refractivity (Wildman–Crippen MR) is 193 cm³/mol. The van der Waals surface area contributed by atoms with Crippen molar-refractivity contribution in [3.05, 3.63) is 168 Å². The summed E-state index contributed by atoms with van der Waals surface area (Å²) in [7, 11) is 0. The Labute approximate surface area is 277 Å². The van der Waals surface area contributed by atoms with E-state index < -0.39 is 6.16 Å². The molecule has 4 atom stereocenters. The van der Waals surface area contributed by atoms with Gasteiger partial charge in [0.1, 0.15) is 0 Å². The Morgan fingerprint density at radius 1 is 0.333 bits per heavy atom. The fourth-order valence-corrected chi connectivity index (χ4v) is 8.80. The van der Waals surface area contributed by atoms with E-state index in [1.807, 2.05) is 0 Å². The monoisotopic (exact) mass is 616 g/mol. The van der Waals surface area contributed by atoms with Gasteiger partial charge in [-0.25, -0.2) is 4.79 Å². The first-order valence-electron chi connectivity index (χ1n) is 16.7. The predicted octanol–water partition coefficient (Wildman–Crippen LogP) is 11.1. The number of carbonyl (C=O) groups excluding carboxylic acids is 1. The molecule has 226 valence electrons. The summed E-state index contributed by atoms with van der Waals surface area (Å²) < 4.78 is 11.8. The van der Waals surface area contributed by atoms with Crippen molar-refractivity contribution < 1.29 is 14.3 Å². The molecule has 0 amide bonds. The Bertz CT molecular complexity index is 2500. The van der Waals surface area contributed by atoms with E-state index in [0.717, 1.165) is 0 Å². The van der Waals surface area contributed by atoms with Crippen LogP contribution in [0.25, 0.3) is 65.3 Å². The van der Waals surface area contributed by atoms with Crippen LogP contribution in [0, 0.1) is 0 Å². The summed E-state index contributed by atoms with van der Waals surface area (Å²) in [4.78, 5) is 12.6. The van der Waals surface area contributed by atoms with Gasteiger partial charge in [0.05, 0.1) is 11.8 Å². The zero-order valence-corrected chi connectivity index (χ0v) is 25.9.